The van der Waals surface area contributed by atoms with Crippen molar-refractivity contribution in [3.05, 3.63) is 59.4 Å². The number of nitrogens with zero attached hydrogens (tertiary/aromatic N) is 2. The van der Waals surface area contributed by atoms with Crippen LogP contribution >= 0.6 is 0 Å². The van der Waals surface area contributed by atoms with Crippen LogP contribution in [0.15, 0.2) is 42.5 Å². The molecule has 0 spiro atoms. The Bertz CT molecular complexity index is 750. The Kier molecular flexibility index (Phi) is 8.62. The average Bonchev–Trinajstić information content (AvgIpc) is 3.00. The normalized spacial score (nSPS) is 11.1. The lowest BCUT2D eigenvalue weighted by Crippen LogP contribution is -2.25. The summed E-state index contributed by atoms with van der Waals surface area (Å²) in [7, 11) is 1.77. The number of benzene rings is 1. The number of amides is 1. The van der Waals surface area contributed by atoms with E-state index in [-0.39, 0.29) is 5.91 Å². The Morgan fingerprint density at radius 2 is 2.04 bits per heavy atom. The maximum absolute atomic E-state index is 12.3. The van der Waals surface area contributed by atoms with Crippen molar-refractivity contribution in [3.8, 4) is 5.75 Å². The molecule has 27 heavy (non-hydrogen) atoms. The van der Waals surface area contributed by atoms with Crippen molar-refractivity contribution in [2.24, 2.45) is 7.05 Å². The minimum absolute atomic E-state index is 0.124. The first-order chi connectivity index (χ1) is 13.1. The predicted octanol–water partition coefficient (Wildman–Crippen LogP) is 4.56. The Hall–Kier alpha value is -2.56. The van der Waals surface area contributed by atoms with E-state index >= 15 is 0 Å². The van der Waals surface area contributed by atoms with Gasteiger partial charge in [0.25, 0.3) is 5.91 Å². The Morgan fingerprint density at radius 3 is 2.78 bits per heavy atom. The van der Waals surface area contributed by atoms with Gasteiger partial charge in [-0.3, -0.25) is 9.48 Å². The summed E-state index contributed by atoms with van der Waals surface area (Å²) in [4.78, 5) is 12.3. The van der Waals surface area contributed by atoms with Crippen molar-refractivity contribution in [2.45, 2.75) is 52.5 Å². The molecule has 0 saturated carbocycles. The second-order valence-corrected chi connectivity index (χ2v) is 6.73. The molecular formula is C22H31N3O2. The van der Waals surface area contributed by atoms with Crippen molar-refractivity contribution in [1.29, 1.82) is 0 Å². The number of rotatable bonds is 11. The smallest absolute Gasteiger partial charge is 0.269 e. The van der Waals surface area contributed by atoms with Crippen molar-refractivity contribution >= 4 is 5.91 Å². The number of hydrogen-bond donors (Lipinski definition) is 1. The topological polar surface area (TPSA) is 56.1 Å². The van der Waals surface area contributed by atoms with E-state index in [0.29, 0.717) is 18.8 Å². The zero-order valence-electron chi connectivity index (χ0n) is 16.7. The van der Waals surface area contributed by atoms with E-state index in [1.165, 1.54) is 12.8 Å². The maximum atomic E-state index is 12.3. The Labute approximate surface area is 162 Å². The molecule has 1 aromatic heterocycles. The summed E-state index contributed by atoms with van der Waals surface area (Å²) >= 11 is 0. The van der Waals surface area contributed by atoms with Gasteiger partial charge in [0.05, 0.1) is 12.3 Å². The van der Waals surface area contributed by atoms with Crippen LogP contribution in [0, 0.1) is 6.92 Å². The third-order valence-electron chi connectivity index (χ3n) is 4.24. The first-order valence-corrected chi connectivity index (χ1v) is 9.75. The number of aryl methyl sites for hydroxylation is 2. The lowest BCUT2D eigenvalue weighted by atomic mass is 10.2. The number of carbonyl (C=O) groups excluding carboxylic acids is 1. The molecule has 1 aromatic carbocycles. The van der Waals surface area contributed by atoms with Gasteiger partial charge in [-0.15, -0.1) is 0 Å². The number of carbonyl (C=O) groups is 1. The Balaban J connectivity index is 1.73. The van der Waals surface area contributed by atoms with E-state index in [0.717, 1.165) is 36.3 Å². The van der Waals surface area contributed by atoms with E-state index in [1.54, 1.807) is 17.8 Å². The van der Waals surface area contributed by atoms with Gasteiger partial charge < -0.3 is 10.1 Å². The van der Waals surface area contributed by atoms with E-state index in [2.05, 4.69) is 29.5 Å². The third kappa shape index (κ3) is 7.29. The van der Waals surface area contributed by atoms with E-state index < -0.39 is 0 Å². The predicted molar refractivity (Wildman–Crippen MR) is 109 cm³/mol. The highest BCUT2D eigenvalue weighted by Crippen LogP contribution is 2.14. The maximum Gasteiger partial charge on any atom is 0.269 e. The molecule has 0 bridgehead atoms. The SMILES string of the molecule is CCCC=CCCCCOc1cccc(CNC(=O)c2cc(C)nn2C)c1. The summed E-state index contributed by atoms with van der Waals surface area (Å²) in [6, 6.07) is 9.66. The van der Waals surface area contributed by atoms with Crippen LogP contribution in [0.4, 0.5) is 0 Å². The molecule has 2 aromatic rings. The summed E-state index contributed by atoms with van der Waals surface area (Å²) in [6.45, 7) is 5.24. The average molecular weight is 370 g/mol. The number of aromatic nitrogens is 2. The highest BCUT2D eigenvalue weighted by molar-refractivity contribution is 5.92. The standard InChI is InChI=1S/C22H31N3O2/c1-4-5-6-7-8-9-10-14-27-20-13-11-12-19(16-20)17-23-22(26)21-15-18(2)24-25(21)3/h6-7,11-13,15-16H,4-5,8-10,14,17H2,1-3H3,(H,23,26). The zero-order valence-corrected chi connectivity index (χ0v) is 16.7. The number of ether oxygens (including phenoxy) is 1. The van der Waals surface area contributed by atoms with Gasteiger partial charge in [-0.25, -0.2) is 0 Å². The van der Waals surface area contributed by atoms with Crippen LogP contribution in [-0.2, 0) is 13.6 Å². The molecule has 0 atom stereocenters. The van der Waals surface area contributed by atoms with Crippen molar-refractivity contribution in [3.63, 3.8) is 0 Å². The summed E-state index contributed by atoms with van der Waals surface area (Å²) in [5.74, 6) is 0.722. The monoisotopic (exact) mass is 369 g/mol. The number of allylic oxidation sites excluding steroid dienone is 2. The molecule has 146 valence electrons. The van der Waals surface area contributed by atoms with E-state index in [1.807, 2.05) is 31.2 Å². The second kappa shape index (κ2) is 11.2. The first kappa shape index (κ1) is 20.7. The summed E-state index contributed by atoms with van der Waals surface area (Å²) in [5, 5.41) is 7.14. The van der Waals surface area contributed by atoms with Gasteiger partial charge in [-0.1, -0.05) is 37.6 Å². The van der Waals surface area contributed by atoms with Gasteiger partial charge in [0, 0.05) is 13.6 Å². The third-order valence-corrected chi connectivity index (χ3v) is 4.24. The fourth-order valence-electron chi connectivity index (χ4n) is 2.80. The molecule has 1 heterocycles. The van der Waals surface area contributed by atoms with Crippen LogP contribution < -0.4 is 10.1 Å². The second-order valence-electron chi connectivity index (χ2n) is 6.73. The van der Waals surface area contributed by atoms with Crippen LogP contribution in [0.5, 0.6) is 5.75 Å². The molecule has 1 N–H and O–H groups in total. The quantitative estimate of drug-likeness (QED) is 0.466. The Morgan fingerprint density at radius 1 is 1.22 bits per heavy atom. The number of nitrogens with one attached hydrogen (secondary N) is 1. The molecule has 1 amide bonds. The van der Waals surface area contributed by atoms with Gasteiger partial charge in [0.2, 0.25) is 0 Å². The highest BCUT2D eigenvalue weighted by atomic mass is 16.5. The largest absolute Gasteiger partial charge is 0.494 e. The molecule has 0 aliphatic heterocycles. The lowest BCUT2D eigenvalue weighted by Gasteiger charge is -2.09. The fraction of sp³-hybridized carbons (Fsp3) is 0.455. The molecule has 0 unspecified atom stereocenters. The summed E-state index contributed by atoms with van der Waals surface area (Å²) in [6.07, 6.45) is 10.2. The van der Waals surface area contributed by atoms with Crippen LogP contribution in [0.2, 0.25) is 0 Å². The van der Waals surface area contributed by atoms with Crippen molar-refractivity contribution in [1.82, 2.24) is 15.1 Å². The minimum Gasteiger partial charge on any atom is -0.494 e. The number of hydrogen-bond acceptors (Lipinski definition) is 3. The van der Waals surface area contributed by atoms with E-state index in [4.69, 9.17) is 4.74 Å². The molecule has 5 heteroatoms. The van der Waals surface area contributed by atoms with Gasteiger partial charge in [0.1, 0.15) is 11.4 Å². The molecule has 0 radical (unpaired) electrons. The van der Waals surface area contributed by atoms with Gasteiger partial charge in [-0.2, -0.15) is 5.10 Å². The molecule has 0 aliphatic rings. The highest BCUT2D eigenvalue weighted by Gasteiger charge is 2.11. The zero-order chi connectivity index (χ0) is 19.5. The van der Waals surface area contributed by atoms with Gasteiger partial charge in [-0.05, 0) is 56.4 Å². The minimum atomic E-state index is -0.124. The fourth-order valence-corrected chi connectivity index (χ4v) is 2.80. The lowest BCUT2D eigenvalue weighted by molar-refractivity contribution is 0.0941. The van der Waals surface area contributed by atoms with Crippen LogP contribution in [0.3, 0.4) is 0 Å². The van der Waals surface area contributed by atoms with Gasteiger partial charge in [0.15, 0.2) is 0 Å². The molecular weight excluding hydrogens is 338 g/mol. The van der Waals surface area contributed by atoms with Crippen LogP contribution in [-0.4, -0.2) is 22.3 Å². The van der Waals surface area contributed by atoms with Crippen LogP contribution in [0.1, 0.15) is 60.8 Å². The molecule has 0 saturated heterocycles. The summed E-state index contributed by atoms with van der Waals surface area (Å²) < 4.78 is 7.44. The molecule has 5 nitrogen and oxygen atoms in total. The number of unbranched alkanes of at least 4 members (excludes halogenated alkanes) is 3. The molecule has 2 rings (SSSR count). The van der Waals surface area contributed by atoms with Crippen molar-refractivity contribution < 1.29 is 9.53 Å². The van der Waals surface area contributed by atoms with Gasteiger partial charge >= 0.3 is 0 Å². The first-order valence-electron chi connectivity index (χ1n) is 9.75. The molecule has 0 fully saturated rings. The summed E-state index contributed by atoms with van der Waals surface area (Å²) in [5.41, 5.74) is 2.41. The van der Waals surface area contributed by atoms with Crippen LogP contribution in [0.25, 0.3) is 0 Å². The van der Waals surface area contributed by atoms with Crippen molar-refractivity contribution in [2.75, 3.05) is 6.61 Å². The molecule has 0 aliphatic carbocycles. The van der Waals surface area contributed by atoms with E-state index in [9.17, 15) is 4.79 Å².